The minimum atomic E-state index is -0.324. The van der Waals surface area contributed by atoms with Gasteiger partial charge in [0.2, 0.25) is 0 Å². The van der Waals surface area contributed by atoms with Gasteiger partial charge in [0.1, 0.15) is 24.2 Å². The molecule has 0 saturated heterocycles. The molecular weight excluding hydrogens is 281 g/mol. The third-order valence-corrected chi connectivity index (χ3v) is 3.42. The molecule has 1 N–H and O–H groups in total. The molecule has 3 aromatic rings. The molecule has 0 aliphatic rings. The molecule has 1 atom stereocenters. The molecule has 0 unspecified atom stereocenters. The standard InChI is InChI=1S/C16H16FN5/c1-12(15-4-2-3-7-19-15)20-9-13-5-6-16(14(17)8-13)22-11-18-10-21-22/h2-8,10-12,20H,9H2,1H3/t12-/m0/s1. The van der Waals surface area contributed by atoms with Gasteiger partial charge in [0.05, 0.1) is 5.69 Å². The fourth-order valence-electron chi connectivity index (χ4n) is 2.19. The van der Waals surface area contributed by atoms with Gasteiger partial charge in [0.25, 0.3) is 0 Å². The second-order valence-corrected chi connectivity index (χ2v) is 4.98. The van der Waals surface area contributed by atoms with E-state index in [1.807, 2.05) is 31.2 Å². The summed E-state index contributed by atoms with van der Waals surface area (Å²) < 4.78 is 15.5. The van der Waals surface area contributed by atoms with Gasteiger partial charge in [-0.3, -0.25) is 4.98 Å². The van der Waals surface area contributed by atoms with Crippen molar-refractivity contribution in [2.75, 3.05) is 0 Å². The van der Waals surface area contributed by atoms with Crippen molar-refractivity contribution in [3.05, 3.63) is 72.3 Å². The van der Waals surface area contributed by atoms with Crippen LogP contribution in [0, 0.1) is 5.82 Å². The van der Waals surface area contributed by atoms with Crippen LogP contribution in [-0.4, -0.2) is 19.7 Å². The van der Waals surface area contributed by atoms with Gasteiger partial charge in [0, 0.05) is 18.8 Å². The van der Waals surface area contributed by atoms with E-state index in [4.69, 9.17) is 0 Å². The van der Waals surface area contributed by atoms with E-state index in [0.717, 1.165) is 11.3 Å². The van der Waals surface area contributed by atoms with Crippen LogP contribution in [-0.2, 0) is 6.54 Å². The van der Waals surface area contributed by atoms with Crippen molar-refractivity contribution < 1.29 is 4.39 Å². The molecule has 0 aliphatic heterocycles. The van der Waals surface area contributed by atoms with Crippen LogP contribution in [0.4, 0.5) is 4.39 Å². The lowest BCUT2D eigenvalue weighted by Gasteiger charge is -2.13. The molecule has 0 saturated carbocycles. The van der Waals surface area contributed by atoms with Gasteiger partial charge in [-0.1, -0.05) is 12.1 Å². The van der Waals surface area contributed by atoms with E-state index in [1.54, 1.807) is 12.3 Å². The lowest BCUT2D eigenvalue weighted by molar-refractivity contribution is 0.556. The number of nitrogens with one attached hydrogen (secondary N) is 1. The number of hydrogen-bond acceptors (Lipinski definition) is 4. The normalized spacial score (nSPS) is 12.3. The Morgan fingerprint density at radius 1 is 1.27 bits per heavy atom. The second-order valence-electron chi connectivity index (χ2n) is 4.98. The van der Waals surface area contributed by atoms with Crippen molar-refractivity contribution >= 4 is 0 Å². The lowest BCUT2D eigenvalue weighted by Crippen LogP contribution is -2.19. The highest BCUT2D eigenvalue weighted by Gasteiger charge is 2.08. The average molecular weight is 297 g/mol. The highest BCUT2D eigenvalue weighted by atomic mass is 19.1. The van der Waals surface area contributed by atoms with Gasteiger partial charge < -0.3 is 5.32 Å². The summed E-state index contributed by atoms with van der Waals surface area (Å²) in [6, 6.07) is 11.0. The van der Waals surface area contributed by atoms with Crippen LogP contribution in [0.1, 0.15) is 24.2 Å². The van der Waals surface area contributed by atoms with E-state index in [1.165, 1.54) is 23.4 Å². The molecule has 22 heavy (non-hydrogen) atoms. The van der Waals surface area contributed by atoms with Gasteiger partial charge in [-0.25, -0.2) is 14.1 Å². The first kappa shape index (κ1) is 14.3. The van der Waals surface area contributed by atoms with E-state index >= 15 is 0 Å². The molecule has 2 aromatic heterocycles. The Morgan fingerprint density at radius 3 is 2.86 bits per heavy atom. The Bertz CT molecular complexity index is 728. The molecule has 1 aromatic carbocycles. The largest absolute Gasteiger partial charge is 0.305 e. The summed E-state index contributed by atoms with van der Waals surface area (Å²) in [4.78, 5) is 8.12. The van der Waals surface area contributed by atoms with E-state index in [-0.39, 0.29) is 11.9 Å². The monoisotopic (exact) mass is 297 g/mol. The number of nitrogens with zero attached hydrogens (tertiary/aromatic N) is 4. The predicted octanol–water partition coefficient (Wildman–Crippen LogP) is 2.65. The molecule has 6 heteroatoms. The highest BCUT2D eigenvalue weighted by molar-refractivity contribution is 5.35. The van der Waals surface area contributed by atoms with E-state index < -0.39 is 0 Å². The fraction of sp³-hybridized carbons (Fsp3) is 0.188. The molecule has 0 spiro atoms. The molecule has 0 radical (unpaired) electrons. The van der Waals surface area contributed by atoms with Crippen LogP contribution in [0.2, 0.25) is 0 Å². The van der Waals surface area contributed by atoms with Gasteiger partial charge in [-0.05, 0) is 36.8 Å². The summed E-state index contributed by atoms with van der Waals surface area (Å²) in [5.41, 5.74) is 2.21. The predicted molar refractivity (Wildman–Crippen MR) is 80.8 cm³/mol. The number of aromatic nitrogens is 4. The zero-order chi connectivity index (χ0) is 15.4. The molecule has 112 valence electrons. The van der Waals surface area contributed by atoms with Crippen molar-refractivity contribution in [2.45, 2.75) is 19.5 Å². The molecule has 0 amide bonds. The quantitative estimate of drug-likeness (QED) is 0.786. The lowest BCUT2D eigenvalue weighted by atomic mass is 10.1. The van der Waals surface area contributed by atoms with Crippen LogP contribution in [0.3, 0.4) is 0 Å². The van der Waals surface area contributed by atoms with Crippen molar-refractivity contribution in [3.63, 3.8) is 0 Å². The molecule has 2 heterocycles. The van der Waals surface area contributed by atoms with Gasteiger partial charge in [-0.15, -0.1) is 0 Å². The molecule has 0 aliphatic carbocycles. The maximum Gasteiger partial charge on any atom is 0.149 e. The van der Waals surface area contributed by atoms with Crippen LogP contribution in [0.15, 0.2) is 55.2 Å². The van der Waals surface area contributed by atoms with Gasteiger partial charge >= 0.3 is 0 Å². The van der Waals surface area contributed by atoms with Crippen molar-refractivity contribution in [2.24, 2.45) is 0 Å². The molecule has 3 rings (SSSR count). The third-order valence-electron chi connectivity index (χ3n) is 3.42. The Hall–Kier alpha value is -2.60. The SMILES string of the molecule is C[C@H](NCc1ccc(-n2cncn2)c(F)c1)c1ccccn1. The van der Waals surface area contributed by atoms with Gasteiger partial charge in [0.15, 0.2) is 0 Å². The Balaban J connectivity index is 1.68. The summed E-state index contributed by atoms with van der Waals surface area (Å²) in [5.74, 6) is -0.324. The number of hydrogen-bond donors (Lipinski definition) is 1. The number of benzene rings is 1. The molecule has 0 bridgehead atoms. The fourth-order valence-corrected chi connectivity index (χ4v) is 2.19. The third kappa shape index (κ3) is 3.17. The van der Waals surface area contributed by atoms with Crippen molar-refractivity contribution in [3.8, 4) is 5.69 Å². The molecular formula is C16H16FN5. The van der Waals surface area contributed by atoms with E-state index in [2.05, 4.69) is 20.4 Å². The summed E-state index contributed by atoms with van der Waals surface area (Å²) in [7, 11) is 0. The summed E-state index contributed by atoms with van der Waals surface area (Å²) in [5, 5.41) is 7.27. The maximum atomic E-state index is 14.1. The van der Waals surface area contributed by atoms with Gasteiger partial charge in [-0.2, -0.15) is 5.10 Å². The summed E-state index contributed by atoms with van der Waals surface area (Å²) in [6.45, 7) is 2.59. The van der Waals surface area contributed by atoms with E-state index in [0.29, 0.717) is 12.2 Å². The summed E-state index contributed by atoms with van der Waals surface area (Å²) >= 11 is 0. The number of pyridine rings is 1. The number of rotatable bonds is 5. The van der Waals surface area contributed by atoms with Crippen molar-refractivity contribution in [1.29, 1.82) is 0 Å². The minimum absolute atomic E-state index is 0.0965. The van der Waals surface area contributed by atoms with Crippen molar-refractivity contribution in [1.82, 2.24) is 25.1 Å². The number of halogens is 1. The minimum Gasteiger partial charge on any atom is -0.305 e. The highest BCUT2D eigenvalue weighted by Crippen LogP contribution is 2.15. The van der Waals surface area contributed by atoms with Crippen LogP contribution >= 0.6 is 0 Å². The molecule has 0 fully saturated rings. The first-order chi connectivity index (χ1) is 10.7. The first-order valence-corrected chi connectivity index (χ1v) is 7.02. The second kappa shape index (κ2) is 6.44. The average Bonchev–Trinajstić information content (AvgIpc) is 3.07. The van der Waals surface area contributed by atoms with Crippen LogP contribution < -0.4 is 5.32 Å². The Kier molecular flexibility index (Phi) is 4.20. The smallest absolute Gasteiger partial charge is 0.149 e. The molecule has 5 nitrogen and oxygen atoms in total. The zero-order valence-corrected chi connectivity index (χ0v) is 12.1. The maximum absolute atomic E-state index is 14.1. The first-order valence-electron chi connectivity index (χ1n) is 7.02. The van der Waals surface area contributed by atoms with Crippen LogP contribution in [0.5, 0.6) is 0 Å². The van der Waals surface area contributed by atoms with E-state index in [9.17, 15) is 4.39 Å². The topological polar surface area (TPSA) is 55.6 Å². The zero-order valence-electron chi connectivity index (χ0n) is 12.1. The Morgan fingerprint density at radius 2 is 2.18 bits per heavy atom. The van der Waals surface area contributed by atoms with Crippen LogP contribution in [0.25, 0.3) is 5.69 Å². The summed E-state index contributed by atoms with van der Waals surface area (Å²) in [6.07, 6.45) is 4.61. The Labute approximate surface area is 127 Å².